The minimum absolute atomic E-state index is 0.239. The summed E-state index contributed by atoms with van der Waals surface area (Å²) in [7, 11) is 0. The maximum atomic E-state index is 13.0. The van der Waals surface area contributed by atoms with E-state index >= 15 is 0 Å². The van der Waals surface area contributed by atoms with E-state index < -0.39 is 23.2 Å². The van der Waals surface area contributed by atoms with Crippen molar-refractivity contribution in [2.75, 3.05) is 24.5 Å². The van der Waals surface area contributed by atoms with Crippen molar-refractivity contribution in [2.24, 2.45) is 5.73 Å². The van der Waals surface area contributed by atoms with Gasteiger partial charge in [-0.3, -0.25) is 9.78 Å². The summed E-state index contributed by atoms with van der Waals surface area (Å²) in [4.78, 5) is 22.2. The maximum Gasteiger partial charge on any atom is 0.416 e. The summed E-state index contributed by atoms with van der Waals surface area (Å²) in [6.07, 6.45) is -1.50. The molecule has 8 nitrogen and oxygen atoms in total. The number of nitrogens with two attached hydrogens (primary N) is 1. The summed E-state index contributed by atoms with van der Waals surface area (Å²) >= 11 is 6.33. The fourth-order valence-corrected chi connectivity index (χ4v) is 3.87. The number of carbonyl (C=O) groups is 1. The number of hydrogen-bond donors (Lipinski definition) is 2. The fourth-order valence-electron chi connectivity index (χ4n) is 3.66. The number of likely N-dealkylation sites (N-methyl/N-ethyl adjacent to an activating group) is 1. The standard InChI is InChI=1S/C21H19ClF3N7O.C2H6/c1-2-28-20(18(26)33)10-32(11-20)19-29-17(14-7-8-27-9-15(14)22)16(30-31-19)12-3-5-13(6-4-12)21(23,24)25;1-2/h3-9,28H,2,10-11H2,1H3,(H2,26,33);1-2H3. The monoisotopic (exact) mass is 507 g/mol. The van der Waals surface area contributed by atoms with Crippen LogP contribution >= 0.6 is 11.6 Å². The lowest BCUT2D eigenvalue weighted by Gasteiger charge is -2.48. The van der Waals surface area contributed by atoms with Crippen LogP contribution in [0.15, 0.2) is 42.7 Å². The third kappa shape index (κ3) is 5.35. The molecule has 1 saturated heterocycles. The summed E-state index contributed by atoms with van der Waals surface area (Å²) in [5.41, 5.74) is 5.35. The number of aromatic nitrogens is 4. The molecular formula is C23H25ClF3N7O. The van der Waals surface area contributed by atoms with E-state index in [1.807, 2.05) is 20.8 Å². The van der Waals surface area contributed by atoms with Gasteiger partial charge in [0.2, 0.25) is 11.9 Å². The molecule has 0 aliphatic carbocycles. The van der Waals surface area contributed by atoms with Crippen LogP contribution in [-0.2, 0) is 11.0 Å². The summed E-state index contributed by atoms with van der Waals surface area (Å²) in [6.45, 7) is 6.93. The van der Waals surface area contributed by atoms with Gasteiger partial charge < -0.3 is 16.0 Å². The number of amides is 1. The number of nitrogens with one attached hydrogen (secondary N) is 1. The lowest BCUT2D eigenvalue weighted by atomic mass is 9.89. The Morgan fingerprint density at radius 2 is 1.80 bits per heavy atom. The van der Waals surface area contributed by atoms with Gasteiger partial charge in [0.1, 0.15) is 16.9 Å². The Morgan fingerprint density at radius 3 is 2.34 bits per heavy atom. The van der Waals surface area contributed by atoms with E-state index in [0.717, 1.165) is 12.1 Å². The van der Waals surface area contributed by atoms with Gasteiger partial charge >= 0.3 is 6.18 Å². The zero-order valence-corrected chi connectivity index (χ0v) is 20.2. The molecule has 0 spiro atoms. The van der Waals surface area contributed by atoms with Gasteiger partial charge in [-0.15, -0.1) is 10.2 Å². The number of pyridine rings is 1. The average Bonchev–Trinajstić information content (AvgIpc) is 2.82. The summed E-state index contributed by atoms with van der Waals surface area (Å²) < 4.78 is 38.9. The normalized spacial score (nSPS) is 14.5. The first-order valence-electron chi connectivity index (χ1n) is 11.0. The van der Waals surface area contributed by atoms with Gasteiger partial charge in [-0.25, -0.2) is 4.98 Å². The number of alkyl halides is 3. The predicted molar refractivity (Wildman–Crippen MR) is 128 cm³/mol. The molecule has 3 heterocycles. The number of benzene rings is 1. The van der Waals surface area contributed by atoms with E-state index in [1.54, 1.807) is 11.0 Å². The molecule has 0 bridgehead atoms. The SMILES string of the molecule is CC.CCNC1(C(N)=O)CN(c2nnc(-c3ccc(C(F)(F)F)cc3)c(-c3ccncc3Cl)n2)C1. The van der Waals surface area contributed by atoms with Gasteiger partial charge in [0.25, 0.3) is 0 Å². The molecule has 0 radical (unpaired) electrons. The maximum absolute atomic E-state index is 13.0. The van der Waals surface area contributed by atoms with Crippen molar-refractivity contribution in [3.05, 3.63) is 53.3 Å². The van der Waals surface area contributed by atoms with E-state index in [9.17, 15) is 18.0 Å². The minimum atomic E-state index is -4.46. The molecule has 35 heavy (non-hydrogen) atoms. The molecule has 1 aliphatic heterocycles. The number of nitrogens with zero attached hydrogens (tertiary/aromatic N) is 5. The lowest BCUT2D eigenvalue weighted by Crippen LogP contribution is -2.75. The van der Waals surface area contributed by atoms with Gasteiger partial charge in [0.15, 0.2) is 0 Å². The number of hydrogen-bond acceptors (Lipinski definition) is 7. The molecule has 3 N–H and O–H groups in total. The third-order valence-corrected chi connectivity index (χ3v) is 5.68. The van der Waals surface area contributed by atoms with E-state index in [-0.39, 0.29) is 24.7 Å². The lowest BCUT2D eigenvalue weighted by molar-refractivity contribution is -0.137. The van der Waals surface area contributed by atoms with Gasteiger partial charge in [-0.05, 0) is 24.7 Å². The zero-order valence-electron chi connectivity index (χ0n) is 19.4. The molecule has 4 rings (SSSR count). The van der Waals surface area contributed by atoms with Crippen LogP contribution in [0, 0.1) is 0 Å². The first kappa shape index (κ1) is 26.3. The van der Waals surface area contributed by atoms with Crippen molar-refractivity contribution in [3.8, 4) is 22.5 Å². The smallest absolute Gasteiger partial charge is 0.368 e. The molecule has 12 heteroatoms. The van der Waals surface area contributed by atoms with Gasteiger partial charge in [-0.1, -0.05) is 44.5 Å². The van der Waals surface area contributed by atoms with E-state index in [1.165, 1.54) is 24.5 Å². The van der Waals surface area contributed by atoms with Gasteiger partial charge in [0, 0.05) is 36.6 Å². The Balaban J connectivity index is 0.00000167. The highest BCUT2D eigenvalue weighted by molar-refractivity contribution is 6.33. The quantitative estimate of drug-likeness (QED) is 0.519. The number of anilines is 1. The average molecular weight is 508 g/mol. The number of primary amides is 1. The van der Waals surface area contributed by atoms with Crippen LogP contribution in [0.3, 0.4) is 0 Å². The van der Waals surface area contributed by atoms with Crippen LogP contribution in [0.4, 0.5) is 19.1 Å². The van der Waals surface area contributed by atoms with E-state index in [2.05, 4.69) is 25.5 Å². The number of carbonyl (C=O) groups excluding carboxylic acids is 1. The third-order valence-electron chi connectivity index (χ3n) is 5.38. The first-order valence-corrected chi connectivity index (χ1v) is 11.3. The van der Waals surface area contributed by atoms with Crippen LogP contribution in [0.5, 0.6) is 0 Å². The molecule has 1 fully saturated rings. The molecular weight excluding hydrogens is 483 g/mol. The molecule has 0 unspecified atom stereocenters. The topological polar surface area (TPSA) is 110 Å². The molecule has 2 aromatic heterocycles. The summed E-state index contributed by atoms with van der Waals surface area (Å²) in [5, 5.41) is 11.8. The highest BCUT2D eigenvalue weighted by Crippen LogP contribution is 2.36. The predicted octanol–water partition coefficient (Wildman–Crippen LogP) is 3.95. The Labute approximate surface area is 205 Å². The van der Waals surface area contributed by atoms with Crippen LogP contribution in [0.25, 0.3) is 22.5 Å². The molecule has 186 valence electrons. The summed E-state index contributed by atoms with van der Waals surface area (Å²) in [6, 6.07) is 6.18. The van der Waals surface area contributed by atoms with Crippen molar-refractivity contribution < 1.29 is 18.0 Å². The van der Waals surface area contributed by atoms with Crippen LogP contribution < -0.4 is 16.0 Å². The van der Waals surface area contributed by atoms with Crippen LogP contribution in [0.1, 0.15) is 26.3 Å². The van der Waals surface area contributed by atoms with Gasteiger partial charge in [0.05, 0.1) is 10.6 Å². The highest BCUT2D eigenvalue weighted by Gasteiger charge is 2.48. The number of halogens is 4. The second-order valence-corrected chi connectivity index (χ2v) is 7.98. The van der Waals surface area contributed by atoms with Crippen molar-refractivity contribution >= 4 is 23.5 Å². The van der Waals surface area contributed by atoms with Crippen LogP contribution in [-0.4, -0.2) is 51.2 Å². The largest absolute Gasteiger partial charge is 0.416 e. The van der Waals surface area contributed by atoms with Crippen molar-refractivity contribution in [1.29, 1.82) is 0 Å². The van der Waals surface area contributed by atoms with Crippen LogP contribution in [0.2, 0.25) is 5.02 Å². The Bertz CT molecular complexity index is 1180. The first-order chi connectivity index (χ1) is 16.6. The molecule has 1 aromatic carbocycles. The molecule has 0 saturated carbocycles. The number of rotatable bonds is 6. The molecule has 0 atom stereocenters. The van der Waals surface area contributed by atoms with E-state index in [4.69, 9.17) is 17.3 Å². The fraction of sp³-hybridized carbons (Fsp3) is 0.348. The Kier molecular flexibility index (Phi) is 7.91. The molecule has 1 aliphatic rings. The van der Waals surface area contributed by atoms with Gasteiger partial charge in [-0.2, -0.15) is 13.2 Å². The Morgan fingerprint density at radius 1 is 1.14 bits per heavy atom. The molecule has 1 amide bonds. The minimum Gasteiger partial charge on any atom is -0.368 e. The van der Waals surface area contributed by atoms with Crippen molar-refractivity contribution in [3.63, 3.8) is 0 Å². The second kappa shape index (κ2) is 10.5. The Hall–Kier alpha value is -3.31. The zero-order chi connectivity index (χ0) is 25.8. The molecule has 3 aromatic rings. The second-order valence-electron chi connectivity index (χ2n) is 7.57. The summed E-state index contributed by atoms with van der Waals surface area (Å²) in [5.74, 6) is -0.240. The van der Waals surface area contributed by atoms with Crippen molar-refractivity contribution in [1.82, 2.24) is 25.5 Å². The van der Waals surface area contributed by atoms with E-state index in [0.29, 0.717) is 28.4 Å². The van der Waals surface area contributed by atoms with Crippen molar-refractivity contribution in [2.45, 2.75) is 32.5 Å². The highest BCUT2D eigenvalue weighted by atomic mass is 35.5.